The first-order valence-electron chi connectivity index (χ1n) is 8.84. The number of hydrogen-bond acceptors (Lipinski definition) is 7. The van der Waals surface area contributed by atoms with Gasteiger partial charge in [-0.1, -0.05) is 34.7 Å². The van der Waals surface area contributed by atoms with Crippen LogP contribution in [-0.4, -0.2) is 43.7 Å². The molecule has 0 aliphatic carbocycles. The van der Waals surface area contributed by atoms with Gasteiger partial charge >= 0.3 is 0 Å². The molecule has 4 aromatic rings. The number of thioether (sulfide) groups is 1. The van der Waals surface area contributed by atoms with Gasteiger partial charge in [-0.15, -0.1) is 5.10 Å². The molecule has 0 fully saturated rings. The maximum atomic E-state index is 12.3. The topological polar surface area (TPSA) is 94.8 Å². The number of nitrogens with one attached hydrogen (secondary N) is 1. The molecule has 146 valence electrons. The summed E-state index contributed by atoms with van der Waals surface area (Å²) in [6.07, 6.45) is 1.46. The maximum absolute atomic E-state index is 12.3. The second kappa shape index (κ2) is 8.27. The number of amides is 1. The number of carbonyl (C=O) groups excluding carboxylic acids is 1. The van der Waals surface area contributed by atoms with Gasteiger partial charge in [0.05, 0.1) is 18.6 Å². The molecule has 0 radical (unpaired) electrons. The number of hydrogen-bond donors (Lipinski definition) is 1. The Labute approximate surface area is 171 Å². The SMILES string of the molecule is COc1ccc(NC(=O)CSc2ncnc3c2nnn3-c2ccc(C)cc2)cc1. The van der Waals surface area contributed by atoms with Crippen LogP contribution in [0.2, 0.25) is 0 Å². The predicted octanol–water partition coefficient (Wildman–Crippen LogP) is 3.26. The molecule has 0 unspecified atom stereocenters. The van der Waals surface area contributed by atoms with Crippen molar-refractivity contribution in [2.75, 3.05) is 18.2 Å². The summed E-state index contributed by atoms with van der Waals surface area (Å²) in [5, 5.41) is 11.9. The molecule has 4 rings (SSSR count). The van der Waals surface area contributed by atoms with E-state index in [9.17, 15) is 4.79 Å². The monoisotopic (exact) mass is 406 g/mol. The Kier molecular flexibility index (Phi) is 5.39. The summed E-state index contributed by atoms with van der Waals surface area (Å²) in [6.45, 7) is 2.02. The standard InChI is InChI=1S/C20H18N6O2S/c1-13-3-7-15(8-4-13)26-19-18(24-25-26)20(22-12-21-19)29-11-17(27)23-14-5-9-16(28-2)10-6-14/h3-10,12H,11H2,1-2H3,(H,23,27). The number of nitrogens with zero attached hydrogens (tertiary/aromatic N) is 5. The zero-order valence-corrected chi connectivity index (χ0v) is 16.7. The summed E-state index contributed by atoms with van der Waals surface area (Å²) < 4.78 is 6.78. The zero-order chi connectivity index (χ0) is 20.2. The molecule has 9 heteroatoms. The smallest absolute Gasteiger partial charge is 0.234 e. The highest BCUT2D eigenvalue weighted by molar-refractivity contribution is 8.00. The van der Waals surface area contributed by atoms with Crippen LogP contribution in [0.25, 0.3) is 16.9 Å². The van der Waals surface area contributed by atoms with Crippen LogP contribution in [0.3, 0.4) is 0 Å². The van der Waals surface area contributed by atoms with Crippen LogP contribution in [-0.2, 0) is 4.79 Å². The predicted molar refractivity (Wildman–Crippen MR) is 112 cm³/mol. The average Bonchev–Trinajstić information content (AvgIpc) is 3.18. The molecule has 8 nitrogen and oxygen atoms in total. The lowest BCUT2D eigenvalue weighted by atomic mass is 10.2. The first-order valence-corrected chi connectivity index (χ1v) is 9.83. The molecule has 29 heavy (non-hydrogen) atoms. The normalized spacial score (nSPS) is 10.8. The van der Waals surface area contributed by atoms with Gasteiger partial charge in [-0.3, -0.25) is 4.79 Å². The summed E-state index contributed by atoms with van der Waals surface area (Å²) in [5.74, 6) is 0.783. The van der Waals surface area contributed by atoms with Crippen molar-refractivity contribution in [2.45, 2.75) is 11.9 Å². The maximum Gasteiger partial charge on any atom is 0.234 e. The molecule has 2 heterocycles. The number of methoxy groups -OCH3 is 1. The van der Waals surface area contributed by atoms with Crippen molar-refractivity contribution in [1.82, 2.24) is 25.0 Å². The van der Waals surface area contributed by atoms with Gasteiger partial charge in [0.15, 0.2) is 11.2 Å². The number of ether oxygens (including phenoxy) is 1. The molecule has 0 atom stereocenters. The van der Waals surface area contributed by atoms with E-state index in [0.717, 1.165) is 17.0 Å². The second-order valence-electron chi connectivity index (χ2n) is 6.25. The molecule has 0 spiro atoms. The fraction of sp³-hybridized carbons (Fsp3) is 0.150. The number of fused-ring (bicyclic) bond motifs is 1. The molecule has 0 saturated heterocycles. The van der Waals surface area contributed by atoms with Crippen molar-refractivity contribution in [3.05, 3.63) is 60.4 Å². The van der Waals surface area contributed by atoms with Crippen LogP contribution in [0.4, 0.5) is 5.69 Å². The van der Waals surface area contributed by atoms with Gasteiger partial charge in [-0.25, -0.2) is 9.97 Å². The van der Waals surface area contributed by atoms with Crippen molar-refractivity contribution in [1.29, 1.82) is 0 Å². The van der Waals surface area contributed by atoms with Gasteiger partial charge in [0.2, 0.25) is 5.91 Å². The number of aromatic nitrogens is 5. The Hall–Kier alpha value is -3.46. The molecule has 2 aromatic heterocycles. The second-order valence-corrected chi connectivity index (χ2v) is 7.22. The van der Waals surface area contributed by atoms with E-state index in [4.69, 9.17) is 4.74 Å². The molecule has 1 N–H and O–H groups in total. The van der Waals surface area contributed by atoms with Crippen LogP contribution in [0.1, 0.15) is 5.56 Å². The van der Waals surface area contributed by atoms with Crippen molar-refractivity contribution in [3.63, 3.8) is 0 Å². The van der Waals surface area contributed by atoms with Gasteiger partial charge in [0.25, 0.3) is 0 Å². The average molecular weight is 406 g/mol. The number of rotatable bonds is 6. The lowest BCUT2D eigenvalue weighted by Crippen LogP contribution is -2.14. The van der Waals surface area contributed by atoms with Crippen LogP contribution >= 0.6 is 11.8 Å². The number of benzene rings is 2. The third kappa shape index (κ3) is 4.19. The highest BCUT2D eigenvalue weighted by atomic mass is 32.2. The number of anilines is 1. The summed E-state index contributed by atoms with van der Waals surface area (Å²) in [4.78, 5) is 20.9. The molecule has 1 amide bonds. The Morgan fingerprint density at radius 2 is 1.86 bits per heavy atom. The summed E-state index contributed by atoms with van der Waals surface area (Å²) in [7, 11) is 1.60. The van der Waals surface area contributed by atoms with E-state index in [0.29, 0.717) is 21.9 Å². The van der Waals surface area contributed by atoms with E-state index in [-0.39, 0.29) is 11.7 Å². The molecular weight excluding hydrogens is 388 g/mol. The van der Waals surface area contributed by atoms with E-state index >= 15 is 0 Å². The zero-order valence-electron chi connectivity index (χ0n) is 15.9. The van der Waals surface area contributed by atoms with Gasteiger partial charge in [-0.05, 0) is 43.3 Å². The summed E-state index contributed by atoms with van der Waals surface area (Å²) in [5.41, 5.74) is 3.89. The summed E-state index contributed by atoms with van der Waals surface area (Å²) in [6, 6.07) is 15.1. The highest BCUT2D eigenvalue weighted by Gasteiger charge is 2.14. The first-order chi connectivity index (χ1) is 14.1. The quantitative estimate of drug-likeness (QED) is 0.388. The fourth-order valence-electron chi connectivity index (χ4n) is 2.70. The minimum Gasteiger partial charge on any atom is -0.497 e. The third-order valence-corrected chi connectivity index (χ3v) is 5.18. The minimum atomic E-state index is -0.141. The molecule has 0 saturated carbocycles. The molecule has 0 bridgehead atoms. The minimum absolute atomic E-state index is 0.141. The lowest BCUT2D eigenvalue weighted by molar-refractivity contribution is -0.113. The van der Waals surface area contributed by atoms with Crippen molar-refractivity contribution < 1.29 is 9.53 Å². The van der Waals surface area contributed by atoms with E-state index in [1.807, 2.05) is 31.2 Å². The molecule has 0 aliphatic heterocycles. The largest absolute Gasteiger partial charge is 0.497 e. The third-order valence-electron chi connectivity index (χ3n) is 4.20. The van der Waals surface area contributed by atoms with Crippen LogP contribution < -0.4 is 10.1 Å². The van der Waals surface area contributed by atoms with Crippen LogP contribution in [0, 0.1) is 6.92 Å². The van der Waals surface area contributed by atoms with E-state index in [2.05, 4.69) is 25.6 Å². The van der Waals surface area contributed by atoms with Gasteiger partial charge in [0, 0.05) is 5.69 Å². The van der Waals surface area contributed by atoms with Gasteiger partial charge in [-0.2, -0.15) is 4.68 Å². The van der Waals surface area contributed by atoms with Crippen molar-refractivity contribution in [2.24, 2.45) is 0 Å². The van der Waals surface area contributed by atoms with Crippen LogP contribution in [0.5, 0.6) is 5.75 Å². The molecular formula is C20H18N6O2S. The van der Waals surface area contributed by atoms with E-state index < -0.39 is 0 Å². The first kappa shape index (κ1) is 18.9. The lowest BCUT2D eigenvalue weighted by Gasteiger charge is -2.06. The van der Waals surface area contributed by atoms with Gasteiger partial charge in [0.1, 0.15) is 17.1 Å². The van der Waals surface area contributed by atoms with Crippen LogP contribution in [0.15, 0.2) is 59.9 Å². The van der Waals surface area contributed by atoms with Crippen molar-refractivity contribution in [3.8, 4) is 11.4 Å². The Morgan fingerprint density at radius 3 is 2.59 bits per heavy atom. The summed E-state index contributed by atoms with van der Waals surface area (Å²) >= 11 is 1.29. The Balaban J connectivity index is 1.48. The van der Waals surface area contributed by atoms with E-state index in [1.165, 1.54) is 18.1 Å². The molecule has 0 aliphatic rings. The Morgan fingerprint density at radius 1 is 1.10 bits per heavy atom. The number of aryl methyl sites for hydroxylation is 1. The Bertz CT molecular complexity index is 1140. The molecule has 2 aromatic carbocycles. The van der Waals surface area contributed by atoms with E-state index in [1.54, 1.807) is 36.1 Å². The van der Waals surface area contributed by atoms with Gasteiger partial charge < -0.3 is 10.1 Å². The number of carbonyl (C=O) groups is 1. The van der Waals surface area contributed by atoms with Crippen molar-refractivity contribution >= 4 is 34.5 Å². The fourth-order valence-corrected chi connectivity index (χ4v) is 3.43. The highest BCUT2D eigenvalue weighted by Crippen LogP contribution is 2.24.